The molecule has 2 heterocycles. The van der Waals surface area contributed by atoms with E-state index in [0.717, 1.165) is 0 Å². The molecule has 0 spiro atoms. The molecule has 0 aliphatic carbocycles. The third-order valence-corrected chi connectivity index (χ3v) is 6.27. The number of para-hydroxylation sites is 1. The molecule has 0 bridgehead atoms. The van der Waals surface area contributed by atoms with Crippen LogP contribution in [0.25, 0.3) is 11.0 Å². The van der Waals surface area contributed by atoms with E-state index in [0.29, 0.717) is 52.5 Å². The number of rotatable bonds is 8. The highest BCUT2D eigenvalue weighted by Gasteiger charge is 2.44. The molecular formula is C30H25NO6. The molecule has 0 saturated carbocycles. The number of fused-ring (bicyclic) bond motifs is 2. The van der Waals surface area contributed by atoms with E-state index in [4.69, 9.17) is 13.9 Å². The smallest absolute Gasteiger partial charge is 0.295 e. The van der Waals surface area contributed by atoms with Crippen LogP contribution in [0.5, 0.6) is 11.5 Å². The summed E-state index contributed by atoms with van der Waals surface area (Å²) in [5.41, 5.74) is 2.02. The SMILES string of the molecule is C=CCOc1ccc(C2c3c(oc4ccccc4c3=O)C(=O)N2c2ccc(C(C)=O)cc2)cc1OCC. The number of benzene rings is 3. The van der Waals surface area contributed by atoms with Crippen molar-refractivity contribution in [1.29, 1.82) is 0 Å². The van der Waals surface area contributed by atoms with Crippen LogP contribution in [0.15, 0.2) is 88.6 Å². The molecular weight excluding hydrogens is 470 g/mol. The molecule has 5 rings (SSSR count). The van der Waals surface area contributed by atoms with Gasteiger partial charge >= 0.3 is 0 Å². The van der Waals surface area contributed by atoms with Crippen molar-refractivity contribution in [3.05, 3.63) is 112 Å². The van der Waals surface area contributed by atoms with Crippen molar-refractivity contribution in [2.24, 2.45) is 0 Å². The first-order valence-corrected chi connectivity index (χ1v) is 11.9. The van der Waals surface area contributed by atoms with Crippen molar-refractivity contribution < 1.29 is 23.5 Å². The van der Waals surface area contributed by atoms with E-state index in [9.17, 15) is 14.4 Å². The number of hydrogen-bond donors (Lipinski definition) is 0. The molecule has 7 nitrogen and oxygen atoms in total. The third-order valence-electron chi connectivity index (χ3n) is 6.27. The van der Waals surface area contributed by atoms with Crippen LogP contribution in [0.1, 0.15) is 51.9 Å². The van der Waals surface area contributed by atoms with E-state index in [1.54, 1.807) is 72.8 Å². The fourth-order valence-electron chi connectivity index (χ4n) is 4.59. The highest BCUT2D eigenvalue weighted by molar-refractivity contribution is 6.11. The summed E-state index contributed by atoms with van der Waals surface area (Å²) < 4.78 is 17.6. The Hall–Kier alpha value is -4.65. The van der Waals surface area contributed by atoms with Gasteiger partial charge in [-0.15, -0.1) is 0 Å². The molecule has 1 unspecified atom stereocenters. The summed E-state index contributed by atoms with van der Waals surface area (Å²) in [6, 6.07) is 18.1. The van der Waals surface area contributed by atoms with Gasteiger partial charge in [0.15, 0.2) is 22.7 Å². The van der Waals surface area contributed by atoms with Crippen LogP contribution in [0.2, 0.25) is 0 Å². The highest BCUT2D eigenvalue weighted by atomic mass is 16.5. The molecule has 7 heteroatoms. The minimum atomic E-state index is -0.779. The second-order valence-corrected chi connectivity index (χ2v) is 8.59. The Balaban J connectivity index is 1.73. The molecule has 1 aromatic heterocycles. The lowest BCUT2D eigenvalue weighted by molar-refractivity contribution is 0.0970. The van der Waals surface area contributed by atoms with E-state index in [1.807, 2.05) is 6.92 Å². The normalized spacial score (nSPS) is 14.5. The van der Waals surface area contributed by atoms with Crippen LogP contribution >= 0.6 is 0 Å². The highest BCUT2D eigenvalue weighted by Crippen LogP contribution is 2.43. The number of anilines is 1. The van der Waals surface area contributed by atoms with Gasteiger partial charge in [0.2, 0.25) is 5.76 Å². The summed E-state index contributed by atoms with van der Waals surface area (Å²) in [6.45, 7) is 7.73. The quantitative estimate of drug-likeness (QED) is 0.230. The van der Waals surface area contributed by atoms with Gasteiger partial charge < -0.3 is 13.9 Å². The molecule has 1 atom stereocenters. The number of nitrogens with zero attached hydrogens (tertiary/aromatic N) is 1. The maximum Gasteiger partial charge on any atom is 0.295 e. The lowest BCUT2D eigenvalue weighted by atomic mass is 9.97. The van der Waals surface area contributed by atoms with Gasteiger partial charge in [0.05, 0.1) is 23.6 Å². The fraction of sp³-hybridized carbons (Fsp3) is 0.167. The monoisotopic (exact) mass is 495 g/mol. The third kappa shape index (κ3) is 4.18. The number of carbonyl (C=O) groups is 2. The molecule has 0 N–H and O–H groups in total. The number of amides is 1. The first-order chi connectivity index (χ1) is 17.9. The summed E-state index contributed by atoms with van der Waals surface area (Å²) >= 11 is 0. The molecule has 37 heavy (non-hydrogen) atoms. The summed E-state index contributed by atoms with van der Waals surface area (Å²) in [4.78, 5) is 40.9. The van der Waals surface area contributed by atoms with Crippen molar-refractivity contribution in [3.8, 4) is 11.5 Å². The van der Waals surface area contributed by atoms with E-state index < -0.39 is 11.9 Å². The zero-order valence-electron chi connectivity index (χ0n) is 20.5. The van der Waals surface area contributed by atoms with Crippen molar-refractivity contribution in [1.82, 2.24) is 0 Å². The Morgan fingerprint density at radius 1 is 1.03 bits per heavy atom. The summed E-state index contributed by atoms with van der Waals surface area (Å²) in [5, 5.41) is 0.392. The van der Waals surface area contributed by atoms with Gasteiger partial charge in [0.1, 0.15) is 12.2 Å². The van der Waals surface area contributed by atoms with Crippen LogP contribution in [-0.4, -0.2) is 24.9 Å². The maximum atomic E-state index is 13.8. The standard InChI is InChI=1S/C30H25NO6/c1-4-16-36-24-15-12-20(17-25(24)35-5-2)27-26-28(33)22-8-6-7-9-23(22)37-29(26)30(34)31(27)21-13-10-19(11-14-21)18(3)32/h4,6-15,17,27H,1,5,16H2,2-3H3. The fourth-order valence-corrected chi connectivity index (χ4v) is 4.59. The Morgan fingerprint density at radius 2 is 1.78 bits per heavy atom. The first kappa shape index (κ1) is 24.1. The Bertz CT molecular complexity index is 1580. The van der Waals surface area contributed by atoms with Gasteiger partial charge in [0.25, 0.3) is 5.91 Å². The molecule has 186 valence electrons. The molecule has 1 amide bonds. The molecule has 3 aromatic carbocycles. The molecule has 1 aliphatic rings. The zero-order valence-corrected chi connectivity index (χ0v) is 20.5. The predicted octanol–water partition coefficient (Wildman–Crippen LogP) is 5.71. The molecule has 4 aromatic rings. The zero-order chi connectivity index (χ0) is 26.1. The van der Waals surface area contributed by atoms with E-state index in [-0.39, 0.29) is 22.5 Å². The molecule has 0 fully saturated rings. The molecule has 0 radical (unpaired) electrons. The van der Waals surface area contributed by atoms with E-state index in [1.165, 1.54) is 11.8 Å². The Morgan fingerprint density at radius 3 is 2.49 bits per heavy atom. The summed E-state index contributed by atoms with van der Waals surface area (Å²) in [7, 11) is 0. The first-order valence-electron chi connectivity index (χ1n) is 11.9. The minimum Gasteiger partial charge on any atom is -0.490 e. The van der Waals surface area contributed by atoms with Crippen LogP contribution < -0.4 is 19.8 Å². The average Bonchev–Trinajstić information content (AvgIpc) is 3.20. The van der Waals surface area contributed by atoms with Crippen LogP contribution in [0.4, 0.5) is 5.69 Å². The van der Waals surface area contributed by atoms with Gasteiger partial charge in [-0.1, -0.05) is 30.9 Å². The second kappa shape index (κ2) is 9.78. The predicted molar refractivity (Wildman–Crippen MR) is 141 cm³/mol. The van der Waals surface area contributed by atoms with Gasteiger partial charge in [-0.3, -0.25) is 19.3 Å². The van der Waals surface area contributed by atoms with E-state index >= 15 is 0 Å². The molecule has 1 aliphatic heterocycles. The largest absolute Gasteiger partial charge is 0.490 e. The average molecular weight is 496 g/mol. The number of carbonyl (C=O) groups excluding carboxylic acids is 2. The van der Waals surface area contributed by atoms with Crippen LogP contribution in [0.3, 0.4) is 0 Å². The van der Waals surface area contributed by atoms with Gasteiger partial charge in [-0.25, -0.2) is 0 Å². The van der Waals surface area contributed by atoms with Crippen molar-refractivity contribution in [2.75, 3.05) is 18.1 Å². The van der Waals surface area contributed by atoms with Gasteiger partial charge in [-0.05, 0) is 67.9 Å². The minimum absolute atomic E-state index is 0.00529. The van der Waals surface area contributed by atoms with Crippen molar-refractivity contribution in [3.63, 3.8) is 0 Å². The topological polar surface area (TPSA) is 86.0 Å². The Labute approximate surface area is 213 Å². The van der Waals surface area contributed by atoms with Gasteiger partial charge in [0, 0.05) is 11.3 Å². The summed E-state index contributed by atoms with van der Waals surface area (Å²) in [5.74, 6) is 0.481. The molecule has 0 saturated heterocycles. The number of hydrogen-bond acceptors (Lipinski definition) is 6. The van der Waals surface area contributed by atoms with Crippen LogP contribution in [0, 0.1) is 0 Å². The number of Topliss-reactive ketones (excluding diaryl/α,β-unsaturated/α-hetero) is 1. The van der Waals surface area contributed by atoms with E-state index in [2.05, 4.69) is 6.58 Å². The lowest BCUT2D eigenvalue weighted by Gasteiger charge is -2.26. The van der Waals surface area contributed by atoms with Gasteiger partial charge in [-0.2, -0.15) is 0 Å². The second-order valence-electron chi connectivity index (χ2n) is 8.59. The van der Waals surface area contributed by atoms with Crippen LogP contribution in [-0.2, 0) is 0 Å². The maximum absolute atomic E-state index is 13.8. The number of ketones is 1. The summed E-state index contributed by atoms with van der Waals surface area (Å²) in [6.07, 6.45) is 1.64. The number of ether oxygens (including phenoxy) is 2. The Kier molecular flexibility index (Phi) is 6.36. The lowest BCUT2D eigenvalue weighted by Crippen LogP contribution is -2.29. The van der Waals surface area contributed by atoms with Crippen molar-refractivity contribution in [2.45, 2.75) is 19.9 Å². The van der Waals surface area contributed by atoms with Crippen molar-refractivity contribution >= 4 is 28.3 Å².